The molecule has 6 nitrogen and oxygen atoms in total. The van der Waals surface area contributed by atoms with Crippen molar-refractivity contribution in [3.8, 4) is 0 Å². The zero-order valence-electron chi connectivity index (χ0n) is 17.5. The van der Waals surface area contributed by atoms with E-state index in [-0.39, 0.29) is 23.2 Å². The molecule has 32 heavy (non-hydrogen) atoms. The number of nitrogens with zero attached hydrogens (tertiary/aromatic N) is 3. The molecule has 8 heteroatoms. The van der Waals surface area contributed by atoms with E-state index in [2.05, 4.69) is 4.90 Å². The number of halogens is 1. The smallest absolute Gasteiger partial charge is 0.264 e. The van der Waals surface area contributed by atoms with Crippen LogP contribution in [0.15, 0.2) is 89.8 Å². The summed E-state index contributed by atoms with van der Waals surface area (Å²) in [5.74, 6) is -0.546. The topological polar surface area (TPSA) is 60.9 Å². The van der Waals surface area contributed by atoms with Gasteiger partial charge < -0.3 is 9.80 Å². The summed E-state index contributed by atoms with van der Waals surface area (Å²) < 4.78 is 41.0. The molecule has 0 saturated carbocycles. The van der Waals surface area contributed by atoms with Crippen molar-refractivity contribution in [3.63, 3.8) is 0 Å². The minimum Gasteiger partial charge on any atom is -0.368 e. The predicted octanol–water partition coefficient (Wildman–Crippen LogP) is 3.37. The van der Waals surface area contributed by atoms with Gasteiger partial charge in [0.25, 0.3) is 10.0 Å². The average Bonchev–Trinajstić information content (AvgIpc) is 2.84. The number of carbonyl (C=O) groups is 1. The molecule has 1 fully saturated rings. The zero-order valence-corrected chi connectivity index (χ0v) is 18.3. The van der Waals surface area contributed by atoms with E-state index in [0.29, 0.717) is 31.9 Å². The molecule has 4 rings (SSSR count). The van der Waals surface area contributed by atoms with E-state index in [9.17, 15) is 17.6 Å². The molecular weight excluding hydrogens is 429 g/mol. The van der Waals surface area contributed by atoms with E-state index < -0.39 is 10.0 Å². The van der Waals surface area contributed by atoms with Crippen molar-refractivity contribution >= 4 is 27.3 Å². The first-order chi connectivity index (χ1) is 15.4. The Labute approximate surface area is 187 Å². The number of amides is 1. The molecule has 0 bridgehead atoms. The van der Waals surface area contributed by atoms with Crippen LogP contribution < -0.4 is 9.21 Å². The fourth-order valence-corrected chi connectivity index (χ4v) is 5.15. The Morgan fingerprint density at radius 2 is 1.38 bits per heavy atom. The van der Waals surface area contributed by atoms with Gasteiger partial charge >= 0.3 is 0 Å². The number of hydrogen-bond acceptors (Lipinski definition) is 4. The van der Waals surface area contributed by atoms with Crippen LogP contribution >= 0.6 is 0 Å². The number of sulfonamides is 1. The molecule has 1 heterocycles. The van der Waals surface area contributed by atoms with Gasteiger partial charge in [0.05, 0.1) is 10.6 Å². The second-order valence-electron chi connectivity index (χ2n) is 7.50. The van der Waals surface area contributed by atoms with Gasteiger partial charge in [0, 0.05) is 31.9 Å². The fraction of sp³-hybridized carbons (Fsp3) is 0.208. The zero-order chi connectivity index (χ0) is 22.6. The first-order valence-corrected chi connectivity index (χ1v) is 11.8. The summed E-state index contributed by atoms with van der Waals surface area (Å²) in [6.07, 6.45) is 0. The van der Waals surface area contributed by atoms with Gasteiger partial charge in [0.15, 0.2) is 0 Å². The van der Waals surface area contributed by atoms with E-state index >= 15 is 0 Å². The van der Waals surface area contributed by atoms with Gasteiger partial charge in [0.1, 0.15) is 12.4 Å². The van der Waals surface area contributed by atoms with E-state index in [1.807, 2.05) is 0 Å². The Bertz CT molecular complexity index is 1150. The molecule has 0 aromatic heterocycles. The largest absolute Gasteiger partial charge is 0.368 e. The third-order valence-electron chi connectivity index (χ3n) is 5.48. The molecule has 1 aliphatic rings. The summed E-state index contributed by atoms with van der Waals surface area (Å²) in [5, 5.41) is 0. The van der Waals surface area contributed by atoms with E-state index in [0.717, 1.165) is 9.99 Å². The third kappa shape index (κ3) is 4.75. The molecule has 166 valence electrons. The van der Waals surface area contributed by atoms with Gasteiger partial charge in [-0.25, -0.2) is 12.8 Å². The summed E-state index contributed by atoms with van der Waals surface area (Å²) in [6.45, 7) is 1.83. The highest BCUT2D eigenvalue weighted by Crippen LogP contribution is 2.24. The number of carbonyl (C=O) groups excluding carboxylic acids is 1. The number of hydrogen-bond donors (Lipinski definition) is 0. The monoisotopic (exact) mass is 453 g/mol. The lowest BCUT2D eigenvalue weighted by Crippen LogP contribution is -2.52. The SMILES string of the molecule is O=C(CN(c1ccccc1)S(=O)(=O)c1ccccc1)N1CCN(c2ccc(F)cc2)CC1. The minimum atomic E-state index is -3.91. The highest BCUT2D eigenvalue weighted by molar-refractivity contribution is 7.92. The molecule has 3 aromatic rings. The van der Waals surface area contributed by atoms with E-state index in [1.165, 1.54) is 24.3 Å². The number of para-hydroxylation sites is 1. The lowest BCUT2D eigenvalue weighted by atomic mass is 10.2. The van der Waals surface area contributed by atoms with Crippen molar-refractivity contribution in [2.75, 3.05) is 41.9 Å². The van der Waals surface area contributed by atoms with Crippen LogP contribution in [0.3, 0.4) is 0 Å². The van der Waals surface area contributed by atoms with Crippen molar-refractivity contribution in [2.24, 2.45) is 0 Å². The molecule has 0 radical (unpaired) electrons. The Morgan fingerprint density at radius 3 is 1.97 bits per heavy atom. The molecule has 0 atom stereocenters. The molecular formula is C24H24FN3O3S. The maximum Gasteiger partial charge on any atom is 0.264 e. The second kappa shape index (κ2) is 9.40. The molecule has 3 aromatic carbocycles. The van der Waals surface area contributed by atoms with Crippen molar-refractivity contribution < 1.29 is 17.6 Å². The summed E-state index contributed by atoms with van der Waals surface area (Å²) in [6, 6.07) is 23.0. The first kappa shape index (κ1) is 21.8. The van der Waals surface area contributed by atoms with Crippen LogP contribution in [0.5, 0.6) is 0 Å². The van der Waals surface area contributed by atoms with Crippen molar-refractivity contribution in [2.45, 2.75) is 4.90 Å². The molecule has 0 spiro atoms. The molecule has 1 aliphatic heterocycles. The summed E-state index contributed by atoms with van der Waals surface area (Å²) >= 11 is 0. The third-order valence-corrected chi connectivity index (χ3v) is 7.27. The summed E-state index contributed by atoms with van der Waals surface area (Å²) in [7, 11) is -3.91. The number of anilines is 2. The molecule has 0 N–H and O–H groups in total. The Balaban J connectivity index is 1.49. The van der Waals surface area contributed by atoms with Crippen molar-refractivity contribution in [3.05, 3.63) is 90.7 Å². The van der Waals surface area contributed by atoms with Gasteiger partial charge in [-0.15, -0.1) is 0 Å². The van der Waals surface area contributed by atoms with Crippen LogP contribution in [0.25, 0.3) is 0 Å². The quantitative estimate of drug-likeness (QED) is 0.574. The first-order valence-electron chi connectivity index (χ1n) is 10.4. The fourth-order valence-electron chi connectivity index (χ4n) is 3.72. The van der Waals surface area contributed by atoms with Crippen LogP contribution in [0.4, 0.5) is 15.8 Å². The highest BCUT2D eigenvalue weighted by Gasteiger charge is 2.30. The van der Waals surface area contributed by atoms with Crippen molar-refractivity contribution in [1.29, 1.82) is 0 Å². The van der Waals surface area contributed by atoms with Gasteiger partial charge in [-0.3, -0.25) is 9.10 Å². The van der Waals surface area contributed by atoms with E-state index in [4.69, 9.17) is 0 Å². The highest BCUT2D eigenvalue weighted by atomic mass is 32.2. The molecule has 1 amide bonds. The predicted molar refractivity (Wildman–Crippen MR) is 123 cm³/mol. The number of rotatable bonds is 6. The van der Waals surface area contributed by atoms with Crippen LogP contribution in [0.2, 0.25) is 0 Å². The second-order valence-corrected chi connectivity index (χ2v) is 9.37. The van der Waals surface area contributed by atoms with Gasteiger partial charge in [-0.2, -0.15) is 0 Å². The molecule has 1 saturated heterocycles. The van der Waals surface area contributed by atoms with Gasteiger partial charge in [-0.05, 0) is 48.5 Å². The Hall–Kier alpha value is -3.39. The minimum absolute atomic E-state index is 0.137. The van der Waals surface area contributed by atoms with Gasteiger partial charge in [0.2, 0.25) is 5.91 Å². The summed E-state index contributed by atoms with van der Waals surface area (Å²) in [4.78, 5) is 17.0. The maximum absolute atomic E-state index is 13.3. The van der Waals surface area contributed by atoms with Crippen LogP contribution in [0.1, 0.15) is 0 Å². The maximum atomic E-state index is 13.3. The number of piperazine rings is 1. The van der Waals surface area contributed by atoms with Crippen molar-refractivity contribution in [1.82, 2.24) is 4.90 Å². The number of benzene rings is 3. The average molecular weight is 454 g/mol. The van der Waals surface area contributed by atoms with E-state index in [1.54, 1.807) is 65.6 Å². The summed E-state index contributed by atoms with van der Waals surface area (Å²) in [5.41, 5.74) is 1.34. The Morgan fingerprint density at radius 1 is 0.812 bits per heavy atom. The normalized spacial score (nSPS) is 14.3. The standard InChI is InChI=1S/C24H24FN3O3S/c25-20-11-13-21(14-12-20)26-15-17-27(18-16-26)24(29)19-28(22-7-3-1-4-8-22)32(30,31)23-9-5-2-6-10-23/h1-14H,15-19H2. The lowest BCUT2D eigenvalue weighted by Gasteiger charge is -2.37. The van der Waals surface area contributed by atoms with Gasteiger partial charge in [-0.1, -0.05) is 36.4 Å². The molecule has 0 aliphatic carbocycles. The molecule has 0 unspecified atom stereocenters. The van der Waals surface area contributed by atoms with Crippen LogP contribution in [0, 0.1) is 5.82 Å². The van der Waals surface area contributed by atoms with Crippen LogP contribution in [-0.2, 0) is 14.8 Å². The Kier molecular flexibility index (Phi) is 6.41. The lowest BCUT2D eigenvalue weighted by molar-refractivity contribution is -0.129. The van der Waals surface area contributed by atoms with Crippen LogP contribution in [-0.4, -0.2) is 51.9 Å².